The lowest BCUT2D eigenvalue weighted by Gasteiger charge is -2.24. The number of methoxy groups -OCH3 is 1. The van der Waals surface area contributed by atoms with Crippen molar-refractivity contribution >= 4 is 11.9 Å². The second-order valence-electron chi connectivity index (χ2n) is 7.35. The molecule has 0 saturated carbocycles. The van der Waals surface area contributed by atoms with Crippen LogP contribution in [0.5, 0.6) is 17.2 Å². The van der Waals surface area contributed by atoms with Crippen LogP contribution in [0.2, 0.25) is 0 Å². The fraction of sp³-hybridized carbons (Fsp3) is 0.391. The van der Waals surface area contributed by atoms with Gasteiger partial charge in [0.25, 0.3) is 5.91 Å². The van der Waals surface area contributed by atoms with Crippen molar-refractivity contribution < 1.29 is 28.5 Å². The maximum atomic E-state index is 12.4. The topological polar surface area (TPSA) is 83.1 Å². The van der Waals surface area contributed by atoms with Crippen LogP contribution in [0.1, 0.15) is 42.2 Å². The smallest absolute Gasteiger partial charge is 0.338 e. The minimum absolute atomic E-state index is 0.121. The number of nitrogens with one attached hydrogen (secondary N) is 1. The third kappa shape index (κ3) is 5.43. The van der Waals surface area contributed by atoms with Gasteiger partial charge < -0.3 is 24.3 Å². The quantitative estimate of drug-likeness (QED) is 0.700. The number of fused-ring (bicyclic) bond motifs is 1. The van der Waals surface area contributed by atoms with Crippen LogP contribution in [-0.2, 0) is 9.53 Å². The maximum Gasteiger partial charge on any atom is 0.338 e. The largest absolute Gasteiger partial charge is 0.497 e. The van der Waals surface area contributed by atoms with Crippen molar-refractivity contribution in [3.63, 3.8) is 0 Å². The van der Waals surface area contributed by atoms with E-state index in [9.17, 15) is 9.59 Å². The molecule has 0 saturated heterocycles. The normalized spacial score (nSPS) is 13.9. The van der Waals surface area contributed by atoms with Crippen LogP contribution in [0.4, 0.5) is 0 Å². The number of ether oxygens (including phenoxy) is 4. The Morgan fingerprint density at radius 1 is 1.03 bits per heavy atom. The Kier molecular flexibility index (Phi) is 7.17. The summed E-state index contributed by atoms with van der Waals surface area (Å²) in [5.74, 6) is 1.21. The molecule has 1 aliphatic heterocycles. The third-order valence-electron chi connectivity index (χ3n) is 4.77. The molecule has 160 valence electrons. The predicted molar refractivity (Wildman–Crippen MR) is 111 cm³/mol. The summed E-state index contributed by atoms with van der Waals surface area (Å²) >= 11 is 0. The fourth-order valence-corrected chi connectivity index (χ4v) is 3.16. The molecule has 0 unspecified atom stereocenters. The minimum Gasteiger partial charge on any atom is -0.497 e. The van der Waals surface area contributed by atoms with Gasteiger partial charge in [0.05, 0.1) is 31.9 Å². The monoisotopic (exact) mass is 413 g/mol. The zero-order valence-corrected chi connectivity index (χ0v) is 17.5. The van der Waals surface area contributed by atoms with Crippen molar-refractivity contribution in [1.29, 1.82) is 0 Å². The summed E-state index contributed by atoms with van der Waals surface area (Å²) in [5.41, 5.74) is 1.26. The molecule has 1 atom stereocenters. The van der Waals surface area contributed by atoms with Gasteiger partial charge in [0.15, 0.2) is 18.1 Å². The van der Waals surface area contributed by atoms with Crippen molar-refractivity contribution in [1.82, 2.24) is 5.32 Å². The Morgan fingerprint density at radius 2 is 1.73 bits per heavy atom. The minimum atomic E-state index is -0.565. The van der Waals surface area contributed by atoms with Crippen molar-refractivity contribution in [3.05, 3.63) is 53.6 Å². The molecule has 7 nitrogen and oxygen atoms in total. The van der Waals surface area contributed by atoms with Gasteiger partial charge in [-0.25, -0.2) is 4.79 Å². The zero-order valence-electron chi connectivity index (χ0n) is 17.5. The van der Waals surface area contributed by atoms with E-state index in [0.29, 0.717) is 36.0 Å². The van der Waals surface area contributed by atoms with Gasteiger partial charge >= 0.3 is 5.97 Å². The van der Waals surface area contributed by atoms with E-state index in [2.05, 4.69) is 5.32 Å². The second kappa shape index (κ2) is 10.0. The lowest BCUT2D eigenvalue weighted by molar-refractivity contribution is -0.125. The molecular formula is C23H27NO6. The molecular weight excluding hydrogens is 386 g/mol. The van der Waals surface area contributed by atoms with Crippen molar-refractivity contribution in [2.45, 2.75) is 26.3 Å². The van der Waals surface area contributed by atoms with E-state index in [1.165, 1.54) is 0 Å². The first kappa shape index (κ1) is 21.5. The standard InChI is InChI=1S/C23H27NO6/c1-15(2)22(17-7-10-19-20(13-17)29-12-4-11-28-19)24-21(25)14-30-23(26)16-5-8-18(27-3)9-6-16/h5-10,13,15,22H,4,11-12,14H2,1-3H3,(H,24,25)/t22-/m0/s1. The van der Waals surface area contributed by atoms with Crippen LogP contribution in [0.3, 0.4) is 0 Å². The molecule has 3 rings (SSSR count). The summed E-state index contributed by atoms with van der Waals surface area (Å²) in [5, 5.41) is 2.95. The number of hydrogen-bond donors (Lipinski definition) is 1. The van der Waals surface area contributed by atoms with E-state index in [-0.39, 0.29) is 24.5 Å². The van der Waals surface area contributed by atoms with Crippen LogP contribution < -0.4 is 19.5 Å². The van der Waals surface area contributed by atoms with Gasteiger partial charge in [0, 0.05) is 6.42 Å². The molecule has 2 aromatic rings. The molecule has 2 aromatic carbocycles. The molecule has 1 aliphatic rings. The van der Waals surface area contributed by atoms with Crippen LogP contribution in [0, 0.1) is 5.92 Å². The van der Waals surface area contributed by atoms with Gasteiger partial charge in [-0.1, -0.05) is 19.9 Å². The number of amides is 1. The summed E-state index contributed by atoms with van der Waals surface area (Å²) in [6, 6.07) is 11.9. The highest BCUT2D eigenvalue weighted by Crippen LogP contribution is 2.34. The molecule has 0 bridgehead atoms. The van der Waals surface area contributed by atoms with Crippen LogP contribution >= 0.6 is 0 Å². The van der Waals surface area contributed by atoms with E-state index >= 15 is 0 Å². The third-order valence-corrected chi connectivity index (χ3v) is 4.77. The van der Waals surface area contributed by atoms with E-state index in [1.807, 2.05) is 32.0 Å². The summed E-state index contributed by atoms with van der Waals surface area (Å²) in [6.07, 6.45) is 0.827. The van der Waals surface area contributed by atoms with E-state index in [0.717, 1.165) is 12.0 Å². The Balaban J connectivity index is 1.61. The highest BCUT2D eigenvalue weighted by atomic mass is 16.5. The molecule has 0 spiro atoms. The van der Waals surface area contributed by atoms with Crippen molar-refractivity contribution in [2.75, 3.05) is 26.9 Å². The zero-order chi connectivity index (χ0) is 21.5. The van der Waals surface area contributed by atoms with Gasteiger partial charge in [0.1, 0.15) is 5.75 Å². The van der Waals surface area contributed by atoms with Crippen LogP contribution in [0.25, 0.3) is 0 Å². The van der Waals surface area contributed by atoms with E-state index in [4.69, 9.17) is 18.9 Å². The van der Waals surface area contributed by atoms with Gasteiger partial charge in [-0.05, 0) is 47.9 Å². The molecule has 1 amide bonds. The van der Waals surface area contributed by atoms with E-state index < -0.39 is 5.97 Å². The number of hydrogen-bond acceptors (Lipinski definition) is 6. The van der Waals surface area contributed by atoms with Crippen molar-refractivity contribution in [3.8, 4) is 17.2 Å². The summed E-state index contributed by atoms with van der Waals surface area (Å²) in [7, 11) is 1.55. The highest BCUT2D eigenvalue weighted by molar-refractivity contribution is 5.91. The number of rotatable bonds is 7. The van der Waals surface area contributed by atoms with Gasteiger partial charge in [0.2, 0.25) is 0 Å². The molecule has 1 N–H and O–H groups in total. The van der Waals surface area contributed by atoms with Gasteiger partial charge in [-0.15, -0.1) is 0 Å². The SMILES string of the molecule is COc1ccc(C(=O)OCC(=O)N[C@H](c2ccc3c(c2)OCCCO3)C(C)C)cc1. The Morgan fingerprint density at radius 3 is 2.40 bits per heavy atom. The Labute approximate surface area is 176 Å². The maximum absolute atomic E-state index is 12.4. The molecule has 30 heavy (non-hydrogen) atoms. The van der Waals surface area contributed by atoms with Crippen molar-refractivity contribution in [2.24, 2.45) is 5.92 Å². The first-order chi connectivity index (χ1) is 14.5. The summed E-state index contributed by atoms with van der Waals surface area (Å²) in [4.78, 5) is 24.6. The number of benzene rings is 2. The molecule has 0 aromatic heterocycles. The predicted octanol–water partition coefficient (Wildman–Crippen LogP) is 3.53. The molecule has 0 radical (unpaired) electrons. The Bertz CT molecular complexity index is 878. The fourth-order valence-electron chi connectivity index (χ4n) is 3.16. The number of esters is 1. The van der Waals surface area contributed by atoms with Gasteiger partial charge in [-0.3, -0.25) is 4.79 Å². The first-order valence-corrected chi connectivity index (χ1v) is 9.98. The Hall–Kier alpha value is -3.22. The average Bonchev–Trinajstić information content (AvgIpc) is 3.00. The lowest BCUT2D eigenvalue weighted by atomic mass is 9.95. The van der Waals surface area contributed by atoms with Crippen LogP contribution in [-0.4, -0.2) is 38.8 Å². The summed E-state index contributed by atoms with van der Waals surface area (Å²) < 4.78 is 21.6. The number of carbonyl (C=O) groups is 2. The average molecular weight is 413 g/mol. The van der Waals surface area contributed by atoms with Crippen LogP contribution in [0.15, 0.2) is 42.5 Å². The molecule has 7 heteroatoms. The second-order valence-corrected chi connectivity index (χ2v) is 7.35. The van der Waals surface area contributed by atoms with E-state index in [1.54, 1.807) is 31.4 Å². The molecule has 0 aliphatic carbocycles. The lowest BCUT2D eigenvalue weighted by Crippen LogP contribution is -2.35. The molecule has 0 fully saturated rings. The molecule has 1 heterocycles. The van der Waals surface area contributed by atoms with Gasteiger partial charge in [-0.2, -0.15) is 0 Å². The first-order valence-electron chi connectivity index (χ1n) is 9.98. The number of carbonyl (C=O) groups excluding carboxylic acids is 2. The highest BCUT2D eigenvalue weighted by Gasteiger charge is 2.22. The summed E-state index contributed by atoms with van der Waals surface area (Å²) in [6.45, 7) is 4.88.